The van der Waals surface area contributed by atoms with Crippen LogP contribution in [0.1, 0.15) is 32.2 Å². The monoisotopic (exact) mass is 344 g/mol. The molecule has 2 heterocycles. The van der Waals surface area contributed by atoms with Crippen LogP contribution >= 0.6 is 0 Å². The number of hydrogen-bond donors (Lipinski definition) is 0. The third-order valence-corrected chi connectivity index (χ3v) is 4.79. The van der Waals surface area contributed by atoms with Crippen LogP contribution in [0.5, 0.6) is 5.75 Å². The molecule has 1 aromatic carbocycles. The number of carbonyl (C=O) groups excluding carboxylic acids is 1. The normalized spacial score (nSPS) is 17.4. The summed E-state index contributed by atoms with van der Waals surface area (Å²) in [6.07, 6.45) is 4.91. The highest BCUT2D eigenvalue weighted by atomic mass is 19.1. The van der Waals surface area contributed by atoms with Crippen molar-refractivity contribution in [3.8, 4) is 17.0 Å². The largest absolute Gasteiger partial charge is 0.491 e. The van der Waals surface area contributed by atoms with Crippen molar-refractivity contribution in [1.82, 2.24) is 19.9 Å². The second-order valence-corrected chi connectivity index (χ2v) is 6.76. The molecule has 1 aromatic heterocycles. The lowest BCUT2D eigenvalue weighted by Gasteiger charge is -2.39. The van der Waals surface area contributed by atoms with Gasteiger partial charge in [0.2, 0.25) is 5.91 Å². The number of hydrogen-bond acceptors (Lipinski definition) is 4. The Morgan fingerprint density at radius 1 is 1.36 bits per heavy atom. The molecule has 2 aliphatic rings. The van der Waals surface area contributed by atoms with Crippen molar-refractivity contribution in [3.05, 3.63) is 30.2 Å². The fraction of sp³-hybridized carbons (Fsp3) is 0.500. The maximum absolute atomic E-state index is 13.7. The summed E-state index contributed by atoms with van der Waals surface area (Å²) in [7, 11) is 0. The third-order valence-electron chi connectivity index (χ3n) is 4.79. The number of ether oxygens (including phenoxy) is 1. The molecule has 25 heavy (non-hydrogen) atoms. The second-order valence-electron chi connectivity index (χ2n) is 6.76. The van der Waals surface area contributed by atoms with Gasteiger partial charge in [-0.2, -0.15) is 0 Å². The molecule has 7 heteroatoms. The van der Waals surface area contributed by atoms with Crippen LogP contribution in [-0.2, 0) is 4.79 Å². The van der Waals surface area contributed by atoms with Crippen LogP contribution in [0.25, 0.3) is 11.3 Å². The minimum absolute atomic E-state index is 0.163. The Morgan fingerprint density at radius 3 is 2.88 bits per heavy atom. The van der Waals surface area contributed by atoms with Gasteiger partial charge >= 0.3 is 0 Å². The maximum atomic E-state index is 13.7. The topological polar surface area (TPSA) is 60.2 Å². The van der Waals surface area contributed by atoms with Gasteiger partial charge < -0.3 is 9.64 Å². The zero-order valence-electron chi connectivity index (χ0n) is 14.2. The van der Waals surface area contributed by atoms with Crippen LogP contribution in [-0.4, -0.2) is 45.5 Å². The van der Waals surface area contributed by atoms with E-state index in [1.807, 2.05) is 18.0 Å². The van der Waals surface area contributed by atoms with Crippen molar-refractivity contribution in [2.45, 2.75) is 32.2 Å². The van der Waals surface area contributed by atoms with Crippen LogP contribution in [0.3, 0.4) is 0 Å². The second kappa shape index (κ2) is 6.46. The van der Waals surface area contributed by atoms with E-state index in [2.05, 4.69) is 10.3 Å². The molecule has 1 saturated carbocycles. The summed E-state index contributed by atoms with van der Waals surface area (Å²) in [6, 6.07) is 4.84. The van der Waals surface area contributed by atoms with Gasteiger partial charge in [-0.1, -0.05) is 5.21 Å². The molecule has 0 spiro atoms. The van der Waals surface area contributed by atoms with Crippen molar-refractivity contribution in [2.75, 3.05) is 19.7 Å². The highest BCUT2D eigenvalue weighted by Gasteiger charge is 2.35. The predicted molar refractivity (Wildman–Crippen MR) is 89.5 cm³/mol. The van der Waals surface area contributed by atoms with Crippen molar-refractivity contribution in [2.24, 2.45) is 5.92 Å². The zero-order chi connectivity index (χ0) is 17.4. The van der Waals surface area contributed by atoms with Gasteiger partial charge in [0.15, 0.2) is 11.6 Å². The van der Waals surface area contributed by atoms with Gasteiger partial charge in [0, 0.05) is 25.1 Å². The van der Waals surface area contributed by atoms with Crippen LogP contribution in [0.4, 0.5) is 4.39 Å². The molecule has 132 valence electrons. The first-order chi connectivity index (χ1) is 12.1. The van der Waals surface area contributed by atoms with E-state index in [1.165, 1.54) is 18.9 Å². The summed E-state index contributed by atoms with van der Waals surface area (Å²) in [4.78, 5) is 13.9. The fourth-order valence-electron chi connectivity index (χ4n) is 3.04. The molecule has 0 N–H and O–H groups in total. The summed E-state index contributed by atoms with van der Waals surface area (Å²) in [5, 5.41) is 8.35. The number of nitrogens with zero attached hydrogens (tertiary/aromatic N) is 4. The summed E-state index contributed by atoms with van der Waals surface area (Å²) in [5.74, 6) is 0.693. The summed E-state index contributed by atoms with van der Waals surface area (Å²) >= 11 is 0. The minimum atomic E-state index is -0.387. The molecule has 2 fully saturated rings. The molecular formula is C18H21FN4O2. The Morgan fingerprint density at radius 2 is 2.16 bits per heavy atom. The number of rotatable bonds is 6. The summed E-state index contributed by atoms with van der Waals surface area (Å²) in [6.45, 7) is 3.58. The van der Waals surface area contributed by atoms with Gasteiger partial charge in [-0.15, -0.1) is 5.10 Å². The van der Waals surface area contributed by atoms with Gasteiger partial charge in [0.25, 0.3) is 0 Å². The molecule has 4 rings (SSSR count). The molecular weight excluding hydrogens is 323 g/mol. The van der Waals surface area contributed by atoms with Crippen LogP contribution in [0.15, 0.2) is 24.4 Å². The average molecular weight is 344 g/mol. The van der Waals surface area contributed by atoms with E-state index in [0.717, 1.165) is 5.56 Å². The third kappa shape index (κ3) is 3.36. The van der Waals surface area contributed by atoms with E-state index in [4.69, 9.17) is 4.74 Å². The smallest absolute Gasteiger partial charge is 0.222 e. The average Bonchev–Trinajstić information content (AvgIpc) is 3.22. The van der Waals surface area contributed by atoms with E-state index >= 15 is 0 Å². The molecule has 2 aromatic rings. The number of halogens is 1. The zero-order valence-corrected chi connectivity index (χ0v) is 14.2. The number of carbonyl (C=O) groups is 1. The highest BCUT2D eigenvalue weighted by molar-refractivity contribution is 5.77. The van der Waals surface area contributed by atoms with Crippen molar-refractivity contribution < 1.29 is 13.9 Å². The van der Waals surface area contributed by atoms with Crippen LogP contribution in [0.2, 0.25) is 0 Å². The Labute approximate surface area is 145 Å². The SMILES string of the molecule is CCOc1cc(-c2cn(C3CN(C(=O)CC4CC4)C3)nn2)ccc1F. The molecule has 0 radical (unpaired) electrons. The Balaban J connectivity index is 1.41. The van der Waals surface area contributed by atoms with Crippen LogP contribution < -0.4 is 4.74 Å². The lowest BCUT2D eigenvalue weighted by molar-refractivity contribution is -0.137. The lowest BCUT2D eigenvalue weighted by atomic mass is 10.1. The quantitative estimate of drug-likeness (QED) is 0.808. The van der Waals surface area contributed by atoms with Gasteiger partial charge in [0.1, 0.15) is 5.69 Å². The minimum Gasteiger partial charge on any atom is -0.491 e. The highest BCUT2D eigenvalue weighted by Crippen LogP contribution is 2.34. The molecule has 1 aliphatic heterocycles. The molecule has 1 saturated heterocycles. The number of aromatic nitrogens is 3. The van der Waals surface area contributed by atoms with Gasteiger partial charge in [0.05, 0.1) is 18.8 Å². The first-order valence-corrected chi connectivity index (χ1v) is 8.76. The number of amides is 1. The first kappa shape index (κ1) is 16.1. The van der Waals surface area contributed by atoms with E-state index < -0.39 is 0 Å². The van der Waals surface area contributed by atoms with Crippen molar-refractivity contribution in [3.63, 3.8) is 0 Å². The summed E-state index contributed by atoms with van der Waals surface area (Å²) < 4.78 is 20.8. The molecule has 0 unspecified atom stereocenters. The first-order valence-electron chi connectivity index (χ1n) is 8.76. The summed E-state index contributed by atoms with van der Waals surface area (Å²) in [5.41, 5.74) is 1.43. The molecule has 0 bridgehead atoms. The van der Waals surface area contributed by atoms with Gasteiger partial charge in [-0.3, -0.25) is 4.79 Å². The standard InChI is InChI=1S/C18H21FN4O2/c1-2-25-17-8-13(5-6-15(17)19)16-11-23(21-20-16)14-9-22(10-14)18(24)7-12-3-4-12/h5-6,8,11-12,14H,2-4,7,9-10H2,1H3. The Kier molecular flexibility index (Phi) is 4.15. The Bertz CT molecular complexity index is 781. The van der Waals surface area contributed by atoms with E-state index in [-0.39, 0.29) is 23.5 Å². The van der Waals surface area contributed by atoms with Gasteiger partial charge in [-0.05, 0) is 43.9 Å². The number of benzene rings is 1. The lowest BCUT2D eigenvalue weighted by Crippen LogP contribution is -2.51. The molecule has 1 amide bonds. The molecule has 6 nitrogen and oxygen atoms in total. The van der Waals surface area contributed by atoms with E-state index in [9.17, 15) is 9.18 Å². The predicted octanol–water partition coefficient (Wildman–Crippen LogP) is 2.67. The Hall–Kier alpha value is -2.44. The molecule has 1 aliphatic carbocycles. The van der Waals surface area contributed by atoms with Crippen molar-refractivity contribution in [1.29, 1.82) is 0 Å². The van der Waals surface area contributed by atoms with Gasteiger partial charge in [-0.25, -0.2) is 9.07 Å². The van der Waals surface area contributed by atoms with E-state index in [1.54, 1.807) is 16.8 Å². The number of likely N-dealkylation sites (tertiary alicyclic amines) is 1. The fourth-order valence-corrected chi connectivity index (χ4v) is 3.04. The van der Waals surface area contributed by atoms with Crippen LogP contribution in [0, 0.1) is 11.7 Å². The van der Waals surface area contributed by atoms with Crippen molar-refractivity contribution >= 4 is 5.91 Å². The maximum Gasteiger partial charge on any atom is 0.222 e. The molecule has 0 atom stereocenters. The van der Waals surface area contributed by atoms with E-state index in [0.29, 0.717) is 37.7 Å².